The van der Waals surface area contributed by atoms with Crippen molar-refractivity contribution in [1.82, 2.24) is 9.97 Å². The van der Waals surface area contributed by atoms with Crippen LogP contribution in [-0.4, -0.2) is 30.2 Å². The Morgan fingerprint density at radius 1 is 1.15 bits per heavy atom. The molecule has 2 aromatic carbocycles. The lowest BCUT2D eigenvalue weighted by molar-refractivity contribution is -0.255. The number of benzene rings is 2. The Kier molecular flexibility index (Phi) is 5.14. The summed E-state index contributed by atoms with van der Waals surface area (Å²) in [7, 11) is 3.06. The first-order chi connectivity index (χ1) is 12.9. The molecule has 0 radical (unpaired) electrons. The molecule has 0 aliphatic rings. The minimum absolute atomic E-state index is 0.0795. The number of hydrogen-bond donors (Lipinski definition) is 1. The predicted molar refractivity (Wildman–Crippen MR) is 100.0 cm³/mol. The minimum atomic E-state index is -1.36. The molecule has 0 aliphatic heterocycles. The highest BCUT2D eigenvalue weighted by atomic mass is 35.5. The average molecular weight is 386 g/mol. The molecule has 0 bridgehead atoms. The molecule has 0 atom stereocenters. The number of aromatic carboxylic acids is 1. The summed E-state index contributed by atoms with van der Waals surface area (Å²) in [4.78, 5) is 30.1. The Morgan fingerprint density at radius 3 is 2.41 bits per heavy atom. The van der Waals surface area contributed by atoms with Gasteiger partial charge in [-0.15, -0.1) is 0 Å². The van der Waals surface area contributed by atoms with Crippen LogP contribution in [0.5, 0.6) is 11.5 Å². The quantitative estimate of drug-likeness (QED) is 0.720. The summed E-state index contributed by atoms with van der Waals surface area (Å²) < 4.78 is 10.4. The van der Waals surface area contributed by atoms with Crippen LogP contribution in [0.4, 0.5) is 0 Å². The molecule has 3 aromatic rings. The number of carbonyl (C=O) groups excluding carboxylic acids is 1. The fraction of sp³-hybridized carbons (Fsp3) is 0.105. The van der Waals surface area contributed by atoms with E-state index in [4.69, 9.17) is 21.1 Å². The van der Waals surface area contributed by atoms with Gasteiger partial charge in [0.05, 0.1) is 36.1 Å². The van der Waals surface area contributed by atoms with E-state index in [0.29, 0.717) is 17.1 Å². The lowest BCUT2D eigenvalue weighted by Crippen LogP contribution is -2.22. The van der Waals surface area contributed by atoms with Crippen molar-refractivity contribution in [3.05, 3.63) is 63.7 Å². The van der Waals surface area contributed by atoms with Gasteiger partial charge in [-0.25, -0.2) is 4.98 Å². The second-order valence-corrected chi connectivity index (χ2v) is 5.98. The number of aromatic nitrogens is 2. The summed E-state index contributed by atoms with van der Waals surface area (Å²) in [5, 5.41) is 11.4. The van der Waals surface area contributed by atoms with Gasteiger partial charge in [0.25, 0.3) is 5.56 Å². The van der Waals surface area contributed by atoms with Crippen molar-refractivity contribution < 1.29 is 19.4 Å². The number of hydrogen-bond acceptors (Lipinski definition) is 6. The van der Waals surface area contributed by atoms with Gasteiger partial charge < -0.3 is 24.4 Å². The van der Waals surface area contributed by atoms with Crippen LogP contribution in [0.1, 0.15) is 21.7 Å². The van der Waals surface area contributed by atoms with E-state index in [1.807, 2.05) is 0 Å². The molecule has 3 rings (SSSR count). The monoisotopic (exact) mass is 385 g/mol. The van der Waals surface area contributed by atoms with Gasteiger partial charge in [0.2, 0.25) is 0 Å². The maximum absolute atomic E-state index is 12.3. The molecule has 1 N–H and O–H groups in total. The van der Waals surface area contributed by atoms with Crippen molar-refractivity contribution in [2.45, 2.75) is 0 Å². The maximum Gasteiger partial charge on any atom is 0.259 e. The van der Waals surface area contributed by atoms with E-state index in [1.54, 1.807) is 24.3 Å². The zero-order valence-corrected chi connectivity index (χ0v) is 15.2. The Bertz CT molecular complexity index is 1100. The van der Waals surface area contributed by atoms with Gasteiger partial charge in [0, 0.05) is 6.07 Å². The van der Waals surface area contributed by atoms with E-state index < -0.39 is 11.5 Å². The number of fused-ring (bicyclic) bond motifs is 1. The summed E-state index contributed by atoms with van der Waals surface area (Å²) in [6.45, 7) is 0. The third-order valence-electron chi connectivity index (χ3n) is 3.84. The molecule has 1 aromatic heterocycles. The number of methoxy groups -OCH3 is 2. The molecule has 138 valence electrons. The highest BCUT2D eigenvalue weighted by Crippen LogP contribution is 2.27. The molecule has 0 saturated carbocycles. The van der Waals surface area contributed by atoms with Crippen molar-refractivity contribution in [1.29, 1.82) is 0 Å². The predicted octanol–water partition coefficient (Wildman–Crippen LogP) is 2.04. The molecule has 0 saturated heterocycles. The summed E-state index contributed by atoms with van der Waals surface area (Å²) in [6, 6.07) is 9.11. The number of aromatic amines is 1. The molecule has 7 nitrogen and oxygen atoms in total. The van der Waals surface area contributed by atoms with Gasteiger partial charge in [-0.2, -0.15) is 0 Å². The van der Waals surface area contributed by atoms with Crippen molar-refractivity contribution >= 4 is 39.6 Å². The first-order valence-corrected chi connectivity index (χ1v) is 8.15. The van der Waals surface area contributed by atoms with Gasteiger partial charge in [-0.1, -0.05) is 17.7 Å². The molecular formula is C19H14ClN2O5-. The highest BCUT2D eigenvalue weighted by Gasteiger charge is 2.09. The summed E-state index contributed by atoms with van der Waals surface area (Å²) in [5.41, 5.74) is 0.353. The molecule has 1 heterocycles. The van der Waals surface area contributed by atoms with Crippen molar-refractivity contribution in [2.24, 2.45) is 0 Å². The number of rotatable bonds is 5. The molecule has 0 unspecified atom stereocenters. The Morgan fingerprint density at radius 2 is 1.81 bits per heavy atom. The Hall–Kier alpha value is -3.32. The summed E-state index contributed by atoms with van der Waals surface area (Å²) in [6.07, 6.45) is 1.58. The molecule has 0 fully saturated rings. The zero-order chi connectivity index (χ0) is 19.6. The second-order valence-electron chi connectivity index (χ2n) is 5.57. The maximum atomic E-state index is 12.3. The van der Waals surface area contributed by atoms with E-state index in [-0.39, 0.29) is 27.3 Å². The third kappa shape index (κ3) is 3.93. The number of ether oxygens (including phenoxy) is 2. The van der Waals surface area contributed by atoms with Crippen LogP contribution in [0.25, 0.3) is 22.0 Å². The lowest BCUT2D eigenvalue weighted by Gasteiger charge is -2.07. The number of nitrogens with one attached hydrogen (secondary N) is 1. The van der Waals surface area contributed by atoms with Crippen molar-refractivity contribution in [2.75, 3.05) is 14.2 Å². The first kappa shape index (κ1) is 18.5. The molecule has 0 amide bonds. The molecule has 8 heteroatoms. The van der Waals surface area contributed by atoms with Crippen LogP contribution in [-0.2, 0) is 0 Å². The number of carboxylic acid groups (broad SMARTS) is 1. The number of carboxylic acids is 1. The zero-order valence-electron chi connectivity index (χ0n) is 14.4. The Balaban J connectivity index is 2.09. The number of halogens is 1. The topological polar surface area (TPSA) is 104 Å². The van der Waals surface area contributed by atoms with Gasteiger partial charge in [0.1, 0.15) is 11.5 Å². The molecule has 0 spiro atoms. The Labute approximate surface area is 158 Å². The van der Waals surface area contributed by atoms with Gasteiger partial charge in [0.15, 0.2) is 5.82 Å². The van der Waals surface area contributed by atoms with Crippen LogP contribution in [0.15, 0.2) is 41.2 Å². The van der Waals surface area contributed by atoms with Crippen molar-refractivity contribution in [3.63, 3.8) is 0 Å². The van der Waals surface area contributed by atoms with Crippen LogP contribution in [0.3, 0.4) is 0 Å². The normalized spacial score (nSPS) is 11.4. The smallest absolute Gasteiger partial charge is 0.259 e. The van der Waals surface area contributed by atoms with E-state index in [0.717, 1.165) is 0 Å². The molecular weight excluding hydrogens is 372 g/mol. The standard InChI is InChI=1S/C19H15ClN2O5/c1-26-12-5-10(6-13(9-12)27-2)7-15(20)17-21-16-8-11(19(24)25)3-4-14(16)18(23)22-17/h3-9H,1-2H3,(H,24,25)(H,21,22,23)/p-1/b15-7-. The van der Waals surface area contributed by atoms with Gasteiger partial charge >= 0.3 is 0 Å². The SMILES string of the molecule is COc1cc(/C=C(\Cl)c2nc3cc(C(=O)[O-])ccc3c(=O)[nH]2)cc(OC)c1. The van der Waals surface area contributed by atoms with Gasteiger partial charge in [-0.3, -0.25) is 4.79 Å². The average Bonchev–Trinajstić information content (AvgIpc) is 2.66. The number of H-pyrrole nitrogens is 1. The largest absolute Gasteiger partial charge is 0.545 e. The molecule has 27 heavy (non-hydrogen) atoms. The van der Waals surface area contributed by atoms with E-state index in [2.05, 4.69) is 9.97 Å². The first-order valence-electron chi connectivity index (χ1n) is 7.77. The highest BCUT2D eigenvalue weighted by molar-refractivity contribution is 6.50. The fourth-order valence-electron chi connectivity index (χ4n) is 2.51. The second kappa shape index (κ2) is 7.51. The van der Waals surface area contributed by atoms with E-state index >= 15 is 0 Å². The van der Waals surface area contributed by atoms with Crippen LogP contribution in [0, 0.1) is 0 Å². The molecule has 0 aliphatic carbocycles. The summed E-state index contributed by atoms with van der Waals surface area (Å²) >= 11 is 6.32. The minimum Gasteiger partial charge on any atom is -0.545 e. The van der Waals surface area contributed by atoms with Crippen LogP contribution in [0.2, 0.25) is 0 Å². The third-order valence-corrected chi connectivity index (χ3v) is 4.12. The summed E-state index contributed by atoms with van der Waals surface area (Å²) in [5.74, 6) is -0.107. The number of nitrogens with zero attached hydrogens (tertiary/aromatic N) is 1. The van der Waals surface area contributed by atoms with E-state index in [9.17, 15) is 14.7 Å². The van der Waals surface area contributed by atoms with Gasteiger partial charge in [-0.05, 0) is 41.5 Å². The lowest BCUT2D eigenvalue weighted by atomic mass is 10.1. The number of carbonyl (C=O) groups is 1. The van der Waals surface area contributed by atoms with Crippen LogP contribution >= 0.6 is 11.6 Å². The van der Waals surface area contributed by atoms with Crippen molar-refractivity contribution in [3.8, 4) is 11.5 Å². The van der Waals surface area contributed by atoms with E-state index in [1.165, 1.54) is 32.4 Å². The van der Waals surface area contributed by atoms with Crippen LogP contribution < -0.4 is 20.1 Å². The fourth-order valence-corrected chi connectivity index (χ4v) is 2.72.